The normalized spacial score (nSPS) is 11.0. The number of anilines is 1. The molecule has 11 nitrogen and oxygen atoms in total. The van der Waals surface area contributed by atoms with Crippen LogP contribution in [-0.2, 0) is 11.2 Å². The first-order valence-corrected chi connectivity index (χ1v) is 12.2. The number of nitrogens with zero attached hydrogens (tertiary/aromatic N) is 4. The minimum atomic E-state index is -0.650. The molecule has 1 amide bonds. The second-order valence-corrected chi connectivity index (χ2v) is 8.85. The van der Waals surface area contributed by atoms with E-state index in [1.807, 2.05) is 6.92 Å². The van der Waals surface area contributed by atoms with Crippen LogP contribution in [0.1, 0.15) is 18.3 Å². The summed E-state index contributed by atoms with van der Waals surface area (Å²) in [6.07, 6.45) is 1.73. The number of nitrogens with one attached hydrogen (secondary N) is 1. The van der Waals surface area contributed by atoms with Crippen LogP contribution in [0, 0.1) is 10.1 Å². The third-order valence-electron chi connectivity index (χ3n) is 5.39. The molecule has 0 radical (unpaired) electrons. The summed E-state index contributed by atoms with van der Waals surface area (Å²) in [5, 5.41) is 19.1. The van der Waals surface area contributed by atoms with Gasteiger partial charge in [-0.15, -0.1) is 0 Å². The van der Waals surface area contributed by atoms with E-state index >= 15 is 0 Å². The first-order chi connectivity index (χ1) is 18.3. The van der Waals surface area contributed by atoms with Gasteiger partial charge in [0, 0.05) is 28.2 Å². The molecule has 38 heavy (non-hydrogen) atoms. The predicted octanol–water partition coefficient (Wildman–Crippen LogP) is 4.54. The summed E-state index contributed by atoms with van der Waals surface area (Å²) >= 11 is 3.36. The molecule has 0 unspecified atom stereocenters. The van der Waals surface area contributed by atoms with E-state index in [-0.39, 0.29) is 22.6 Å². The van der Waals surface area contributed by atoms with Gasteiger partial charge in [-0.05, 0) is 36.4 Å². The van der Waals surface area contributed by atoms with Gasteiger partial charge in [0.25, 0.3) is 11.5 Å². The van der Waals surface area contributed by atoms with Crippen LogP contribution in [0.2, 0.25) is 0 Å². The zero-order chi connectivity index (χ0) is 27.2. The van der Waals surface area contributed by atoms with Crippen LogP contribution < -0.4 is 20.3 Å². The highest BCUT2D eigenvalue weighted by Crippen LogP contribution is 2.38. The molecule has 1 N–H and O–H groups in total. The Hall–Kier alpha value is -4.58. The Morgan fingerprint density at radius 1 is 1.21 bits per heavy atom. The van der Waals surface area contributed by atoms with Crippen molar-refractivity contribution in [3.8, 4) is 11.5 Å². The van der Waals surface area contributed by atoms with E-state index in [1.54, 1.807) is 48.5 Å². The molecule has 0 bridgehead atoms. The molecule has 0 saturated carbocycles. The SMILES string of the molecule is CCc1nc2ccc(Br)cc2c(=O)n1N=Cc1cc(OC)c(OCC(=O)Nc2ccccc2)c([N+](=O)[O-])c1. The van der Waals surface area contributed by atoms with Crippen molar-refractivity contribution in [3.05, 3.63) is 97.0 Å². The third-order valence-corrected chi connectivity index (χ3v) is 5.89. The quantitative estimate of drug-likeness (QED) is 0.174. The fraction of sp³-hybridized carbons (Fsp3) is 0.154. The topological polar surface area (TPSA) is 138 Å². The summed E-state index contributed by atoms with van der Waals surface area (Å²) in [6, 6.07) is 16.6. The number of hydrogen-bond acceptors (Lipinski definition) is 8. The average molecular weight is 580 g/mol. The molecule has 0 saturated heterocycles. The number of nitro benzene ring substituents is 1. The molecular formula is C26H22BrN5O6. The summed E-state index contributed by atoms with van der Waals surface area (Å²) in [4.78, 5) is 41.1. The number of carbonyl (C=O) groups is 1. The number of rotatable bonds is 9. The number of aryl methyl sites for hydroxylation is 1. The van der Waals surface area contributed by atoms with Gasteiger partial charge in [0.05, 0.1) is 29.2 Å². The predicted molar refractivity (Wildman–Crippen MR) is 146 cm³/mol. The molecule has 0 aliphatic rings. The first-order valence-electron chi connectivity index (χ1n) is 11.4. The molecule has 0 aliphatic heterocycles. The number of para-hydroxylation sites is 1. The van der Waals surface area contributed by atoms with Crippen LogP contribution in [-0.4, -0.2) is 40.4 Å². The number of amides is 1. The second-order valence-electron chi connectivity index (χ2n) is 7.94. The molecule has 12 heteroatoms. The lowest BCUT2D eigenvalue weighted by Gasteiger charge is -2.12. The minimum absolute atomic E-state index is 0.0248. The van der Waals surface area contributed by atoms with Gasteiger partial charge in [-0.25, -0.2) is 4.98 Å². The number of ether oxygens (including phenoxy) is 2. The largest absolute Gasteiger partial charge is 0.493 e. The van der Waals surface area contributed by atoms with Crippen molar-refractivity contribution in [3.63, 3.8) is 0 Å². The fourth-order valence-corrected chi connectivity index (χ4v) is 4.00. The number of nitro groups is 1. The maximum atomic E-state index is 13.1. The van der Waals surface area contributed by atoms with E-state index in [4.69, 9.17) is 9.47 Å². The summed E-state index contributed by atoms with van der Waals surface area (Å²) in [7, 11) is 1.32. The Labute approximate surface area is 225 Å². The number of hydrogen-bond donors (Lipinski definition) is 1. The number of halogens is 1. The number of carbonyl (C=O) groups excluding carboxylic acids is 1. The number of aromatic nitrogens is 2. The van der Waals surface area contributed by atoms with Gasteiger partial charge >= 0.3 is 5.69 Å². The summed E-state index contributed by atoms with van der Waals surface area (Å²) in [5.41, 5.74) is 0.568. The average Bonchev–Trinajstić information content (AvgIpc) is 2.91. The van der Waals surface area contributed by atoms with Crippen molar-refractivity contribution in [2.45, 2.75) is 13.3 Å². The lowest BCUT2D eigenvalue weighted by Crippen LogP contribution is -2.22. The van der Waals surface area contributed by atoms with E-state index in [1.165, 1.54) is 25.5 Å². The molecular weight excluding hydrogens is 558 g/mol. The Morgan fingerprint density at radius 2 is 1.97 bits per heavy atom. The van der Waals surface area contributed by atoms with Crippen LogP contribution in [0.15, 0.2) is 75.0 Å². The van der Waals surface area contributed by atoms with Crippen LogP contribution >= 0.6 is 15.9 Å². The summed E-state index contributed by atoms with van der Waals surface area (Å²) in [6.45, 7) is 1.36. The van der Waals surface area contributed by atoms with Gasteiger partial charge in [-0.3, -0.25) is 19.7 Å². The van der Waals surface area contributed by atoms with Gasteiger partial charge in [-0.2, -0.15) is 9.78 Å². The molecule has 0 atom stereocenters. The van der Waals surface area contributed by atoms with E-state index in [0.717, 1.165) is 9.15 Å². The lowest BCUT2D eigenvalue weighted by molar-refractivity contribution is -0.385. The molecule has 1 aromatic heterocycles. The molecule has 3 aromatic carbocycles. The summed E-state index contributed by atoms with van der Waals surface area (Å²) in [5.74, 6) is -0.259. The van der Waals surface area contributed by atoms with Gasteiger partial charge in [0.1, 0.15) is 5.82 Å². The Balaban J connectivity index is 1.65. The zero-order valence-electron chi connectivity index (χ0n) is 20.4. The van der Waals surface area contributed by atoms with Crippen molar-refractivity contribution in [1.29, 1.82) is 0 Å². The lowest BCUT2D eigenvalue weighted by atomic mass is 10.2. The maximum Gasteiger partial charge on any atom is 0.315 e. The van der Waals surface area contributed by atoms with Gasteiger partial charge < -0.3 is 14.8 Å². The highest BCUT2D eigenvalue weighted by molar-refractivity contribution is 9.10. The van der Waals surface area contributed by atoms with Crippen molar-refractivity contribution < 1.29 is 19.2 Å². The van der Waals surface area contributed by atoms with Crippen molar-refractivity contribution in [1.82, 2.24) is 9.66 Å². The second kappa shape index (κ2) is 11.6. The zero-order valence-corrected chi connectivity index (χ0v) is 22.0. The van der Waals surface area contributed by atoms with Crippen molar-refractivity contribution in [2.75, 3.05) is 19.0 Å². The monoisotopic (exact) mass is 579 g/mol. The Morgan fingerprint density at radius 3 is 2.66 bits per heavy atom. The minimum Gasteiger partial charge on any atom is -0.493 e. The molecule has 4 aromatic rings. The van der Waals surface area contributed by atoms with E-state index in [9.17, 15) is 19.7 Å². The number of fused-ring (bicyclic) bond motifs is 1. The Bertz CT molecular complexity index is 1600. The molecule has 0 spiro atoms. The molecule has 1 heterocycles. The standard InChI is InChI=1S/C26H22BrN5O6/c1-3-23-30-20-10-9-17(27)13-19(20)26(34)31(23)28-14-16-11-21(32(35)36)25(22(12-16)37-2)38-15-24(33)29-18-7-5-4-6-8-18/h4-14H,3,15H2,1-2H3,(H,29,33). The van der Waals surface area contributed by atoms with Crippen LogP contribution in [0.5, 0.6) is 11.5 Å². The van der Waals surface area contributed by atoms with Crippen LogP contribution in [0.4, 0.5) is 11.4 Å². The maximum absolute atomic E-state index is 13.1. The molecule has 4 rings (SSSR count). The van der Waals surface area contributed by atoms with Crippen LogP contribution in [0.25, 0.3) is 10.9 Å². The van der Waals surface area contributed by atoms with Crippen molar-refractivity contribution in [2.24, 2.45) is 5.10 Å². The Kier molecular flexibility index (Phi) is 8.12. The van der Waals surface area contributed by atoms with Gasteiger partial charge in [0.15, 0.2) is 12.4 Å². The van der Waals surface area contributed by atoms with E-state index < -0.39 is 23.1 Å². The first kappa shape index (κ1) is 26.5. The number of methoxy groups -OCH3 is 1. The van der Waals surface area contributed by atoms with Gasteiger partial charge in [0.2, 0.25) is 5.75 Å². The molecule has 0 aliphatic carbocycles. The third kappa shape index (κ3) is 5.86. The van der Waals surface area contributed by atoms with Crippen molar-refractivity contribution >= 4 is 50.3 Å². The van der Waals surface area contributed by atoms with E-state index in [2.05, 4.69) is 31.3 Å². The highest BCUT2D eigenvalue weighted by Gasteiger charge is 2.23. The highest BCUT2D eigenvalue weighted by atomic mass is 79.9. The fourth-order valence-electron chi connectivity index (χ4n) is 3.64. The molecule has 194 valence electrons. The smallest absolute Gasteiger partial charge is 0.315 e. The van der Waals surface area contributed by atoms with E-state index in [0.29, 0.717) is 28.8 Å². The van der Waals surface area contributed by atoms with Crippen LogP contribution in [0.3, 0.4) is 0 Å². The van der Waals surface area contributed by atoms with Gasteiger partial charge in [-0.1, -0.05) is 41.1 Å². The molecule has 0 fully saturated rings. The number of benzene rings is 3. The summed E-state index contributed by atoms with van der Waals surface area (Å²) < 4.78 is 12.7.